The van der Waals surface area contributed by atoms with Gasteiger partial charge in [-0.1, -0.05) is 6.07 Å². The summed E-state index contributed by atoms with van der Waals surface area (Å²) in [6, 6.07) is 8.08. The lowest BCUT2D eigenvalue weighted by Crippen LogP contribution is -2.15. The first-order chi connectivity index (χ1) is 9.51. The third kappa shape index (κ3) is 3.11. The van der Waals surface area contributed by atoms with Crippen molar-refractivity contribution in [2.45, 2.75) is 6.42 Å². The average molecular weight is 274 g/mol. The van der Waals surface area contributed by atoms with E-state index in [1.54, 1.807) is 11.8 Å². The summed E-state index contributed by atoms with van der Waals surface area (Å²) in [6.07, 6.45) is 0.992. The Labute approximate surface area is 119 Å². The van der Waals surface area contributed by atoms with E-state index in [1.165, 1.54) is 5.56 Å². The third-order valence-corrected chi connectivity index (χ3v) is 3.30. The second-order valence-electron chi connectivity index (χ2n) is 5.17. The zero-order valence-corrected chi connectivity index (χ0v) is 12.6. The van der Waals surface area contributed by atoms with Gasteiger partial charge in [0.1, 0.15) is 11.6 Å². The monoisotopic (exact) mass is 274 g/mol. The molecule has 0 bridgehead atoms. The quantitative estimate of drug-likeness (QED) is 0.903. The van der Waals surface area contributed by atoms with Crippen LogP contribution in [0.1, 0.15) is 5.56 Å². The number of nitrogen functional groups attached to an aromatic ring is 1. The van der Waals surface area contributed by atoms with Gasteiger partial charge in [-0.25, -0.2) is 0 Å². The molecule has 0 aliphatic carbocycles. The van der Waals surface area contributed by atoms with Crippen LogP contribution in [0.3, 0.4) is 0 Å². The SMILES string of the molecule is COc1ccc(CCN(C)C)cc1-c1cc(N)n(C)n1. The Bertz CT molecular complexity index is 570. The van der Waals surface area contributed by atoms with Crippen LogP contribution in [0.4, 0.5) is 5.82 Å². The van der Waals surface area contributed by atoms with E-state index in [0.29, 0.717) is 5.82 Å². The molecule has 0 atom stereocenters. The van der Waals surface area contributed by atoms with Gasteiger partial charge in [0, 0.05) is 25.2 Å². The molecule has 108 valence electrons. The van der Waals surface area contributed by atoms with Crippen LogP contribution in [-0.2, 0) is 13.5 Å². The van der Waals surface area contributed by atoms with E-state index in [4.69, 9.17) is 10.5 Å². The number of hydrogen-bond acceptors (Lipinski definition) is 4. The van der Waals surface area contributed by atoms with Crippen LogP contribution in [-0.4, -0.2) is 42.4 Å². The molecule has 5 heteroatoms. The molecule has 0 fully saturated rings. The number of anilines is 1. The van der Waals surface area contributed by atoms with Crippen molar-refractivity contribution in [1.29, 1.82) is 0 Å². The number of aryl methyl sites for hydroxylation is 1. The second kappa shape index (κ2) is 5.96. The van der Waals surface area contributed by atoms with Gasteiger partial charge in [0.25, 0.3) is 0 Å². The van der Waals surface area contributed by atoms with Crippen LogP contribution < -0.4 is 10.5 Å². The summed E-state index contributed by atoms with van der Waals surface area (Å²) in [5, 5.41) is 4.43. The molecule has 2 rings (SSSR count). The van der Waals surface area contributed by atoms with E-state index in [9.17, 15) is 0 Å². The summed E-state index contributed by atoms with van der Waals surface area (Å²) in [6.45, 7) is 1.01. The summed E-state index contributed by atoms with van der Waals surface area (Å²) in [5.74, 6) is 1.46. The number of rotatable bonds is 5. The number of methoxy groups -OCH3 is 1. The molecule has 0 saturated carbocycles. The summed E-state index contributed by atoms with van der Waals surface area (Å²) >= 11 is 0. The number of nitrogens with two attached hydrogens (primary N) is 1. The third-order valence-electron chi connectivity index (χ3n) is 3.30. The highest BCUT2D eigenvalue weighted by Crippen LogP contribution is 2.31. The van der Waals surface area contributed by atoms with E-state index >= 15 is 0 Å². The zero-order chi connectivity index (χ0) is 14.7. The Balaban J connectivity index is 2.36. The minimum atomic E-state index is 0.640. The van der Waals surface area contributed by atoms with Crippen LogP contribution in [0.15, 0.2) is 24.3 Å². The summed E-state index contributed by atoms with van der Waals surface area (Å²) < 4.78 is 7.10. The van der Waals surface area contributed by atoms with E-state index in [0.717, 1.165) is 30.0 Å². The van der Waals surface area contributed by atoms with Crippen molar-refractivity contribution in [3.05, 3.63) is 29.8 Å². The highest BCUT2D eigenvalue weighted by atomic mass is 16.5. The average Bonchev–Trinajstić information content (AvgIpc) is 2.76. The molecular formula is C15H22N4O. The predicted molar refractivity (Wildman–Crippen MR) is 81.9 cm³/mol. The molecule has 1 heterocycles. The molecule has 2 N–H and O–H groups in total. The van der Waals surface area contributed by atoms with E-state index in [1.807, 2.05) is 19.2 Å². The van der Waals surface area contributed by atoms with Crippen LogP contribution in [0.25, 0.3) is 11.3 Å². The van der Waals surface area contributed by atoms with Crippen LogP contribution in [0.5, 0.6) is 5.75 Å². The van der Waals surface area contributed by atoms with Crippen molar-refractivity contribution in [2.75, 3.05) is 33.5 Å². The molecular weight excluding hydrogens is 252 g/mol. The van der Waals surface area contributed by atoms with Gasteiger partial charge >= 0.3 is 0 Å². The predicted octanol–water partition coefficient (Wildman–Crippen LogP) is 1.78. The lowest BCUT2D eigenvalue weighted by atomic mass is 10.0. The molecule has 0 unspecified atom stereocenters. The fourth-order valence-corrected chi connectivity index (χ4v) is 2.08. The smallest absolute Gasteiger partial charge is 0.128 e. The standard InChI is InChI=1S/C15H22N4O/c1-18(2)8-7-11-5-6-14(20-4)12(9-11)13-10-15(16)19(3)17-13/h5-6,9-10H,7-8,16H2,1-4H3. The van der Waals surface area contributed by atoms with E-state index < -0.39 is 0 Å². The van der Waals surface area contributed by atoms with Gasteiger partial charge < -0.3 is 15.4 Å². The Kier molecular flexibility index (Phi) is 4.29. The lowest BCUT2D eigenvalue weighted by Gasteiger charge is -2.12. The minimum absolute atomic E-state index is 0.640. The molecule has 0 aliphatic rings. The van der Waals surface area contributed by atoms with Gasteiger partial charge in [-0.05, 0) is 38.2 Å². The maximum atomic E-state index is 5.86. The first-order valence-corrected chi connectivity index (χ1v) is 6.63. The van der Waals surface area contributed by atoms with Gasteiger partial charge in [-0.3, -0.25) is 4.68 Å². The second-order valence-corrected chi connectivity index (χ2v) is 5.17. The van der Waals surface area contributed by atoms with Crippen LogP contribution >= 0.6 is 0 Å². The largest absolute Gasteiger partial charge is 0.496 e. The maximum Gasteiger partial charge on any atom is 0.128 e. The topological polar surface area (TPSA) is 56.3 Å². The zero-order valence-electron chi connectivity index (χ0n) is 12.6. The molecule has 2 aromatic rings. The van der Waals surface area contributed by atoms with Gasteiger partial charge in [-0.2, -0.15) is 5.10 Å². The Morgan fingerprint density at radius 1 is 1.30 bits per heavy atom. The number of aromatic nitrogens is 2. The van der Waals surface area contributed by atoms with Crippen molar-refractivity contribution in [2.24, 2.45) is 7.05 Å². The van der Waals surface area contributed by atoms with Crippen molar-refractivity contribution in [3.8, 4) is 17.0 Å². The summed E-state index contributed by atoms with van der Waals surface area (Å²) in [4.78, 5) is 2.17. The Morgan fingerprint density at radius 2 is 2.05 bits per heavy atom. The maximum absolute atomic E-state index is 5.86. The molecule has 1 aromatic heterocycles. The van der Waals surface area contributed by atoms with Gasteiger partial charge in [0.2, 0.25) is 0 Å². The van der Waals surface area contributed by atoms with Gasteiger partial charge in [0.15, 0.2) is 0 Å². The molecule has 1 aromatic carbocycles. The van der Waals surface area contributed by atoms with Crippen molar-refractivity contribution < 1.29 is 4.74 Å². The number of ether oxygens (including phenoxy) is 1. The van der Waals surface area contributed by atoms with E-state index in [2.05, 4.69) is 36.2 Å². The molecule has 0 saturated heterocycles. The molecule has 0 aliphatic heterocycles. The van der Waals surface area contributed by atoms with Crippen LogP contribution in [0, 0.1) is 0 Å². The van der Waals surface area contributed by atoms with Gasteiger partial charge in [-0.15, -0.1) is 0 Å². The number of likely N-dealkylation sites (N-methyl/N-ethyl adjacent to an activating group) is 1. The number of benzene rings is 1. The Hall–Kier alpha value is -2.01. The first kappa shape index (κ1) is 14.4. The highest BCUT2D eigenvalue weighted by molar-refractivity contribution is 5.70. The molecule has 5 nitrogen and oxygen atoms in total. The summed E-state index contributed by atoms with van der Waals surface area (Å²) in [5.41, 5.74) is 8.95. The molecule has 0 radical (unpaired) electrons. The number of nitrogens with zero attached hydrogens (tertiary/aromatic N) is 3. The molecule has 0 amide bonds. The fraction of sp³-hybridized carbons (Fsp3) is 0.400. The van der Waals surface area contributed by atoms with Crippen molar-refractivity contribution in [1.82, 2.24) is 14.7 Å². The highest BCUT2D eigenvalue weighted by Gasteiger charge is 2.11. The molecule has 20 heavy (non-hydrogen) atoms. The van der Waals surface area contributed by atoms with Crippen LogP contribution in [0.2, 0.25) is 0 Å². The first-order valence-electron chi connectivity index (χ1n) is 6.63. The molecule has 0 spiro atoms. The summed E-state index contributed by atoms with van der Waals surface area (Å²) in [7, 11) is 7.65. The van der Waals surface area contributed by atoms with Crippen molar-refractivity contribution >= 4 is 5.82 Å². The van der Waals surface area contributed by atoms with Gasteiger partial charge in [0.05, 0.1) is 12.8 Å². The van der Waals surface area contributed by atoms with Crippen molar-refractivity contribution in [3.63, 3.8) is 0 Å². The fourth-order valence-electron chi connectivity index (χ4n) is 2.08. The number of hydrogen-bond donors (Lipinski definition) is 1. The normalized spacial score (nSPS) is 11.1. The van der Waals surface area contributed by atoms with E-state index in [-0.39, 0.29) is 0 Å². The lowest BCUT2D eigenvalue weighted by molar-refractivity contribution is 0.411. The Morgan fingerprint density at radius 3 is 2.60 bits per heavy atom. The minimum Gasteiger partial charge on any atom is -0.496 e.